The Morgan fingerprint density at radius 3 is 2.67 bits per heavy atom. The number of hydrogen-bond donors (Lipinski definition) is 2. The Morgan fingerprint density at radius 2 is 2.17 bits per heavy atom. The van der Waals surface area contributed by atoms with Crippen LogP contribution in [0.1, 0.15) is 33.3 Å². The van der Waals surface area contributed by atoms with Crippen molar-refractivity contribution in [1.29, 1.82) is 0 Å². The highest BCUT2D eigenvalue weighted by Gasteiger charge is 2.37. The first kappa shape index (κ1) is 14.5. The van der Waals surface area contributed by atoms with Crippen molar-refractivity contribution in [3.63, 3.8) is 0 Å². The van der Waals surface area contributed by atoms with Gasteiger partial charge in [-0.1, -0.05) is 12.1 Å². The van der Waals surface area contributed by atoms with E-state index in [4.69, 9.17) is 4.74 Å². The van der Waals surface area contributed by atoms with Gasteiger partial charge in [-0.15, -0.1) is 0 Å². The van der Waals surface area contributed by atoms with E-state index in [1.54, 1.807) is 38.1 Å². The molecule has 4 heteroatoms. The minimum Gasteiger partial charge on any atom is -0.508 e. The highest BCUT2D eigenvalue weighted by atomic mass is 16.5. The molecule has 0 bridgehead atoms. The zero-order chi connectivity index (χ0) is 13.8. The van der Waals surface area contributed by atoms with Crippen molar-refractivity contribution in [3.8, 4) is 5.75 Å². The number of benzene rings is 1. The van der Waals surface area contributed by atoms with E-state index in [0.29, 0.717) is 12.2 Å². The Kier molecular flexibility index (Phi) is 4.73. The molecule has 1 unspecified atom stereocenters. The van der Waals surface area contributed by atoms with Gasteiger partial charge in [-0.3, -0.25) is 5.32 Å². The lowest BCUT2D eigenvalue weighted by Crippen LogP contribution is -2.50. The summed E-state index contributed by atoms with van der Waals surface area (Å²) in [7, 11) is 0. The Hall–Kier alpha value is -1.55. The molecule has 4 nitrogen and oxygen atoms in total. The molecule has 1 atom stereocenters. The van der Waals surface area contributed by atoms with E-state index in [2.05, 4.69) is 5.32 Å². The van der Waals surface area contributed by atoms with Gasteiger partial charge in [-0.25, -0.2) is 4.79 Å². The van der Waals surface area contributed by atoms with Crippen molar-refractivity contribution < 1.29 is 14.6 Å². The smallest absolute Gasteiger partial charge is 0.330 e. The van der Waals surface area contributed by atoms with Gasteiger partial charge < -0.3 is 9.84 Å². The van der Waals surface area contributed by atoms with Gasteiger partial charge in [-0.05, 0) is 45.4 Å². The Morgan fingerprint density at radius 1 is 1.50 bits per heavy atom. The topological polar surface area (TPSA) is 58.6 Å². The van der Waals surface area contributed by atoms with Crippen molar-refractivity contribution >= 4 is 5.97 Å². The van der Waals surface area contributed by atoms with Crippen molar-refractivity contribution in [2.24, 2.45) is 0 Å². The zero-order valence-corrected chi connectivity index (χ0v) is 11.4. The van der Waals surface area contributed by atoms with Crippen LogP contribution in [0.2, 0.25) is 0 Å². The summed E-state index contributed by atoms with van der Waals surface area (Å²) in [6.07, 6.45) is 0. The third kappa shape index (κ3) is 3.23. The summed E-state index contributed by atoms with van der Waals surface area (Å²) >= 11 is 0. The van der Waals surface area contributed by atoms with Gasteiger partial charge in [0.1, 0.15) is 11.3 Å². The molecular weight excluding hydrogens is 230 g/mol. The molecule has 0 aliphatic heterocycles. The van der Waals surface area contributed by atoms with Gasteiger partial charge in [0.25, 0.3) is 0 Å². The third-order valence-corrected chi connectivity index (χ3v) is 2.68. The molecular formula is C14H21NO3. The van der Waals surface area contributed by atoms with Crippen LogP contribution in [0, 0.1) is 0 Å². The lowest BCUT2D eigenvalue weighted by Gasteiger charge is -2.31. The van der Waals surface area contributed by atoms with Crippen molar-refractivity contribution in [2.45, 2.75) is 39.3 Å². The number of carbonyl (C=O) groups excluding carboxylic acids is 1. The van der Waals surface area contributed by atoms with E-state index in [1.807, 2.05) is 13.8 Å². The maximum atomic E-state index is 12.1. The van der Waals surface area contributed by atoms with E-state index in [-0.39, 0.29) is 17.8 Å². The molecule has 0 spiro atoms. The van der Waals surface area contributed by atoms with Crippen LogP contribution in [0.5, 0.6) is 5.75 Å². The van der Waals surface area contributed by atoms with E-state index < -0.39 is 5.54 Å². The molecule has 0 radical (unpaired) electrons. The molecule has 0 fully saturated rings. The molecule has 0 heterocycles. The first-order chi connectivity index (χ1) is 8.40. The van der Waals surface area contributed by atoms with Crippen molar-refractivity contribution in [3.05, 3.63) is 29.8 Å². The van der Waals surface area contributed by atoms with Crippen molar-refractivity contribution in [1.82, 2.24) is 5.32 Å². The van der Waals surface area contributed by atoms with Crippen LogP contribution in [0.4, 0.5) is 0 Å². The lowest BCUT2D eigenvalue weighted by atomic mass is 9.91. The van der Waals surface area contributed by atoms with Gasteiger partial charge >= 0.3 is 5.97 Å². The number of esters is 1. The maximum absolute atomic E-state index is 12.1. The molecule has 0 aliphatic carbocycles. The molecule has 0 saturated heterocycles. The number of ether oxygens (including phenoxy) is 1. The number of phenolic OH excluding ortho intramolecular Hbond substituents is 1. The highest BCUT2D eigenvalue weighted by molar-refractivity contribution is 5.82. The molecule has 0 aromatic heterocycles. The summed E-state index contributed by atoms with van der Waals surface area (Å²) in [5.74, 6) is -0.210. The van der Waals surface area contributed by atoms with Crippen LogP contribution < -0.4 is 5.32 Å². The van der Waals surface area contributed by atoms with Crippen molar-refractivity contribution in [2.75, 3.05) is 6.61 Å². The fourth-order valence-corrected chi connectivity index (χ4v) is 1.93. The average Bonchev–Trinajstić information content (AvgIpc) is 2.28. The molecule has 1 rings (SSSR count). The van der Waals surface area contributed by atoms with Gasteiger partial charge in [0, 0.05) is 6.04 Å². The number of nitrogens with one attached hydrogen (secondary N) is 1. The fourth-order valence-electron chi connectivity index (χ4n) is 1.93. The first-order valence-corrected chi connectivity index (χ1v) is 6.14. The van der Waals surface area contributed by atoms with Crippen LogP contribution in [0.15, 0.2) is 24.3 Å². The second kappa shape index (κ2) is 5.87. The van der Waals surface area contributed by atoms with Gasteiger partial charge in [0.15, 0.2) is 0 Å². The number of carbonyl (C=O) groups is 1. The SMILES string of the molecule is CCOC(=O)C(C)(NC(C)C)c1cccc(O)c1. The predicted octanol–water partition coefficient (Wildman–Crippen LogP) is 2.17. The van der Waals surface area contributed by atoms with Gasteiger partial charge in [0.2, 0.25) is 0 Å². The van der Waals surface area contributed by atoms with Crippen LogP contribution in [0.3, 0.4) is 0 Å². The van der Waals surface area contributed by atoms with E-state index in [9.17, 15) is 9.90 Å². The standard InChI is InChI=1S/C14H21NO3/c1-5-18-13(17)14(4,15-10(2)3)11-7-6-8-12(16)9-11/h6-10,15-16H,5H2,1-4H3. The first-order valence-electron chi connectivity index (χ1n) is 6.14. The second-order valence-electron chi connectivity index (χ2n) is 4.69. The minimum atomic E-state index is -0.955. The summed E-state index contributed by atoms with van der Waals surface area (Å²) in [5.41, 5.74) is -0.266. The minimum absolute atomic E-state index is 0.113. The largest absolute Gasteiger partial charge is 0.508 e. The third-order valence-electron chi connectivity index (χ3n) is 2.68. The Balaban J connectivity index is 3.15. The van der Waals surface area contributed by atoms with Crippen LogP contribution >= 0.6 is 0 Å². The zero-order valence-electron chi connectivity index (χ0n) is 11.4. The lowest BCUT2D eigenvalue weighted by molar-refractivity contribution is -0.151. The Bertz CT molecular complexity index is 417. The van der Waals surface area contributed by atoms with E-state index >= 15 is 0 Å². The summed E-state index contributed by atoms with van der Waals surface area (Å²) < 4.78 is 5.12. The summed E-state index contributed by atoms with van der Waals surface area (Å²) in [5, 5.41) is 12.7. The summed E-state index contributed by atoms with van der Waals surface area (Å²) in [4.78, 5) is 12.1. The van der Waals surface area contributed by atoms with E-state index in [0.717, 1.165) is 0 Å². The molecule has 0 saturated carbocycles. The number of rotatable bonds is 5. The monoisotopic (exact) mass is 251 g/mol. The fraction of sp³-hybridized carbons (Fsp3) is 0.500. The predicted molar refractivity (Wildman–Crippen MR) is 70.4 cm³/mol. The Labute approximate surface area is 108 Å². The van der Waals surface area contributed by atoms with Crippen LogP contribution in [-0.4, -0.2) is 23.7 Å². The average molecular weight is 251 g/mol. The quantitative estimate of drug-likeness (QED) is 0.787. The maximum Gasteiger partial charge on any atom is 0.330 e. The number of aromatic hydroxyl groups is 1. The summed E-state index contributed by atoms with van der Waals surface area (Å²) in [6, 6.07) is 6.77. The summed E-state index contributed by atoms with van der Waals surface area (Å²) in [6.45, 7) is 7.78. The number of hydrogen-bond acceptors (Lipinski definition) is 4. The molecule has 18 heavy (non-hydrogen) atoms. The normalized spacial score (nSPS) is 14.3. The molecule has 1 aromatic carbocycles. The van der Waals surface area contributed by atoms with Crippen LogP contribution in [0.25, 0.3) is 0 Å². The molecule has 100 valence electrons. The van der Waals surface area contributed by atoms with Gasteiger partial charge in [-0.2, -0.15) is 0 Å². The molecule has 0 aliphatic rings. The van der Waals surface area contributed by atoms with Gasteiger partial charge in [0.05, 0.1) is 6.61 Å². The molecule has 1 aromatic rings. The highest BCUT2D eigenvalue weighted by Crippen LogP contribution is 2.26. The van der Waals surface area contributed by atoms with E-state index in [1.165, 1.54) is 0 Å². The second-order valence-corrected chi connectivity index (χ2v) is 4.69. The van der Waals surface area contributed by atoms with Crippen LogP contribution in [-0.2, 0) is 15.1 Å². The number of phenols is 1. The molecule has 0 amide bonds. The molecule has 2 N–H and O–H groups in total.